The minimum atomic E-state index is -0.960. The Morgan fingerprint density at radius 1 is 1.00 bits per heavy atom. The van der Waals surface area contributed by atoms with Crippen LogP contribution >= 0.6 is 0 Å². The number of hydrogen-bond acceptors (Lipinski definition) is 5. The van der Waals surface area contributed by atoms with Gasteiger partial charge in [-0.3, -0.25) is 4.98 Å². The van der Waals surface area contributed by atoms with E-state index >= 15 is 0 Å². The topological polar surface area (TPSA) is 87.3 Å². The molecule has 0 aliphatic rings. The number of fused-ring (bicyclic) bond motifs is 1. The van der Waals surface area contributed by atoms with E-state index in [-0.39, 0.29) is 11.6 Å². The number of nitrogens with two attached hydrogens (primary N) is 2. The van der Waals surface area contributed by atoms with Crippen LogP contribution in [0.3, 0.4) is 0 Å². The predicted molar refractivity (Wildman–Crippen MR) is 104 cm³/mol. The van der Waals surface area contributed by atoms with Crippen LogP contribution in [0.2, 0.25) is 0 Å². The lowest BCUT2D eigenvalue weighted by Gasteiger charge is -2.08. The maximum Gasteiger partial charge on any atom is 0.215 e. The molecule has 5 nitrogen and oxygen atoms in total. The highest BCUT2D eigenvalue weighted by Gasteiger charge is 2.20. The van der Waals surface area contributed by atoms with Gasteiger partial charge < -0.3 is 20.6 Å². The first-order valence-corrected chi connectivity index (χ1v) is 8.49. The molecule has 2 aromatic heterocycles. The zero-order chi connectivity index (χ0) is 19.8. The smallest absolute Gasteiger partial charge is 0.215 e. The number of nitrogen functional groups attached to an aromatic ring is 2. The van der Waals surface area contributed by atoms with E-state index < -0.39 is 11.6 Å². The van der Waals surface area contributed by atoms with Gasteiger partial charge in [-0.1, -0.05) is 30.3 Å². The molecule has 4 N–H and O–H groups in total. The van der Waals surface area contributed by atoms with E-state index in [0.717, 1.165) is 23.3 Å². The van der Waals surface area contributed by atoms with E-state index in [2.05, 4.69) is 4.98 Å². The summed E-state index contributed by atoms with van der Waals surface area (Å²) in [6.07, 6.45) is 1.55. The number of anilines is 2. The maximum atomic E-state index is 13.7. The van der Waals surface area contributed by atoms with Crippen LogP contribution < -0.4 is 11.5 Å². The third-order valence-electron chi connectivity index (χ3n) is 4.55. The second kappa shape index (κ2) is 6.94. The van der Waals surface area contributed by atoms with Crippen molar-refractivity contribution in [1.29, 1.82) is 0 Å². The molecule has 4 aromatic rings. The van der Waals surface area contributed by atoms with Gasteiger partial charge >= 0.3 is 0 Å². The van der Waals surface area contributed by atoms with Crippen molar-refractivity contribution in [3.63, 3.8) is 0 Å². The van der Waals surface area contributed by atoms with Crippen molar-refractivity contribution in [2.24, 2.45) is 0 Å². The Labute approximate surface area is 159 Å². The molecule has 0 atom stereocenters. The molecule has 28 heavy (non-hydrogen) atoms. The van der Waals surface area contributed by atoms with Crippen LogP contribution in [0.5, 0.6) is 0 Å². The molecule has 142 valence electrons. The summed E-state index contributed by atoms with van der Waals surface area (Å²) in [5, 5.41) is 0.509. The molecule has 0 aliphatic heterocycles. The SMILES string of the molecule is COCc1ccc(-c2ncc(-c3ccc(F)c(F)c3)c3c(N)c(N)oc23)cc1. The Morgan fingerprint density at radius 2 is 1.71 bits per heavy atom. The van der Waals surface area contributed by atoms with E-state index in [4.69, 9.17) is 20.6 Å². The number of hydrogen-bond donors (Lipinski definition) is 2. The molecule has 2 aromatic carbocycles. The highest BCUT2D eigenvalue weighted by molar-refractivity contribution is 6.09. The van der Waals surface area contributed by atoms with Crippen LogP contribution in [0.25, 0.3) is 33.4 Å². The Morgan fingerprint density at radius 3 is 2.39 bits per heavy atom. The van der Waals surface area contributed by atoms with E-state index in [1.807, 2.05) is 24.3 Å². The lowest BCUT2D eigenvalue weighted by Crippen LogP contribution is -1.93. The number of halogens is 2. The quantitative estimate of drug-likeness (QED) is 0.533. The molecular formula is C21H17F2N3O2. The standard InChI is InChI=1S/C21H17F2N3O2/c1-27-10-11-2-4-12(5-3-11)19-20-17(18(24)21(25)28-20)14(9-26-19)13-6-7-15(22)16(23)8-13/h2-9H,10,24-25H2,1H3. The summed E-state index contributed by atoms with van der Waals surface area (Å²) >= 11 is 0. The van der Waals surface area contributed by atoms with Crippen molar-refractivity contribution in [2.45, 2.75) is 6.61 Å². The van der Waals surface area contributed by atoms with Gasteiger partial charge in [0, 0.05) is 24.4 Å². The summed E-state index contributed by atoms with van der Waals surface area (Å²) in [7, 11) is 1.63. The fraction of sp³-hybridized carbons (Fsp3) is 0.0952. The van der Waals surface area contributed by atoms with Crippen LogP contribution in [0.4, 0.5) is 20.4 Å². The number of aromatic nitrogens is 1. The molecule has 0 unspecified atom stereocenters. The number of benzene rings is 2. The van der Waals surface area contributed by atoms with Crippen LogP contribution in [0, 0.1) is 11.6 Å². The first-order valence-electron chi connectivity index (χ1n) is 8.49. The van der Waals surface area contributed by atoms with Crippen molar-refractivity contribution in [3.05, 3.63) is 65.9 Å². The molecule has 0 radical (unpaired) electrons. The van der Waals surface area contributed by atoms with Crippen molar-refractivity contribution < 1.29 is 17.9 Å². The molecule has 0 aliphatic carbocycles. The van der Waals surface area contributed by atoms with Gasteiger partial charge in [-0.05, 0) is 23.3 Å². The Balaban J connectivity index is 1.91. The lowest BCUT2D eigenvalue weighted by molar-refractivity contribution is 0.185. The minimum absolute atomic E-state index is 0.0455. The molecule has 0 spiro atoms. The molecular weight excluding hydrogens is 364 g/mol. The van der Waals surface area contributed by atoms with E-state index in [1.54, 1.807) is 13.3 Å². The van der Waals surface area contributed by atoms with Gasteiger partial charge in [0.05, 0.1) is 12.0 Å². The first kappa shape index (κ1) is 17.9. The van der Waals surface area contributed by atoms with Crippen LogP contribution in [-0.2, 0) is 11.3 Å². The fourth-order valence-corrected chi connectivity index (χ4v) is 3.16. The number of pyridine rings is 1. The van der Waals surface area contributed by atoms with Crippen LogP contribution in [-0.4, -0.2) is 12.1 Å². The Kier molecular flexibility index (Phi) is 4.44. The van der Waals surface area contributed by atoms with Crippen LogP contribution in [0.15, 0.2) is 53.1 Å². The zero-order valence-corrected chi connectivity index (χ0v) is 15.0. The maximum absolute atomic E-state index is 13.7. The van der Waals surface area contributed by atoms with Crippen molar-refractivity contribution >= 4 is 22.5 Å². The molecule has 0 amide bonds. The monoisotopic (exact) mass is 381 g/mol. The fourth-order valence-electron chi connectivity index (χ4n) is 3.16. The van der Waals surface area contributed by atoms with Crippen molar-refractivity contribution in [3.8, 4) is 22.4 Å². The summed E-state index contributed by atoms with van der Waals surface area (Å²) in [6, 6.07) is 11.2. The van der Waals surface area contributed by atoms with Crippen molar-refractivity contribution in [2.75, 3.05) is 18.6 Å². The highest BCUT2D eigenvalue weighted by atomic mass is 19.2. The number of rotatable bonds is 4. The minimum Gasteiger partial charge on any atom is -0.436 e. The zero-order valence-electron chi connectivity index (χ0n) is 15.0. The predicted octanol–water partition coefficient (Wildman–Crippen LogP) is 4.75. The lowest BCUT2D eigenvalue weighted by atomic mass is 10.00. The summed E-state index contributed by atoms with van der Waals surface area (Å²) in [6.45, 7) is 0.499. The summed E-state index contributed by atoms with van der Waals surface area (Å²) < 4.78 is 37.8. The van der Waals surface area contributed by atoms with E-state index in [9.17, 15) is 8.78 Å². The highest BCUT2D eigenvalue weighted by Crippen LogP contribution is 2.41. The molecule has 0 saturated carbocycles. The molecule has 0 saturated heterocycles. The number of ether oxygens (including phenoxy) is 1. The number of nitrogens with zero attached hydrogens (tertiary/aromatic N) is 1. The number of methoxy groups -OCH3 is 1. The molecule has 4 rings (SSSR count). The largest absolute Gasteiger partial charge is 0.436 e. The molecule has 0 fully saturated rings. The van der Waals surface area contributed by atoms with Gasteiger partial charge in [0.2, 0.25) is 5.88 Å². The average Bonchev–Trinajstić information content (AvgIpc) is 2.99. The van der Waals surface area contributed by atoms with Gasteiger partial charge in [-0.15, -0.1) is 0 Å². The van der Waals surface area contributed by atoms with Gasteiger partial charge in [-0.2, -0.15) is 0 Å². The third kappa shape index (κ3) is 2.95. The van der Waals surface area contributed by atoms with Gasteiger partial charge in [0.1, 0.15) is 11.4 Å². The molecule has 7 heteroatoms. The van der Waals surface area contributed by atoms with Crippen LogP contribution in [0.1, 0.15) is 5.56 Å². The summed E-state index contributed by atoms with van der Waals surface area (Å²) in [5.41, 5.74) is 15.9. The Hall–Kier alpha value is -3.45. The molecule has 0 bridgehead atoms. The normalized spacial score (nSPS) is 11.2. The first-order chi connectivity index (χ1) is 13.5. The summed E-state index contributed by atoms with van der Waals surface area (Å²) in [4.78, 5) is 4.48. The van der Waals surface area contributed by atoms with Gasteiger partial charge in [0.15, 0.2) is 17.2 Å². The number of furan rings is 1. The van der Waals surface area contributed by atoms with E-state index in [1.165, 1.54) is 6.07 Å². The third-order valence-corrected chi connectivity index (χ3v) is 4.55. The van der Waals surface area contributed by atoms with Gasteiger partial charge in [0.25, 0.3) is 0 Å². The second-order valence-corrected chi connectivity index (χ2v) is 6.36. The van der Waals surface area contributed by atoms with Crippen molar-refractivity contribution in [1.82, 2.24) is 4.98 Å². The average molecular weight is 381 g/mol. The second-order valence-electron chi connectivity index (χ2n) is 6.36. The Bertz CT molecular complexity index is 1170. The molecule has 2 heterocycles. The summed E-state index contributed by atoms with van der Waals surface area (Å²) in [5.74, 6) is -1.84. The van der Waals surface area contributed by atoms with E-state index in [0.29, 0.717) is 34.4 Å². The van der Waals surface area contributed by atoms with Gasteiger partial charge in [-0.25, -0.2) is 8.78 Å².